The van der Waals surface area contributed by atoms with E-state index in [0.29, 0.717) is 36.4 Å². The molecule has 0 bridgehead atoms. The van der Waals surface area contributed by atoms with Crippen LogP contribution in [0.25, 0.3) is 17.0 Å². The van der Waals surface area contributed by atoms with Crippen LogP contribution in [0.3, 0.4) is 0 Å². The maximum absolute atomic E-state index is 12.0. The van der Waals surface area contributed by atoms with E-state index in [0.717, 1.165) is 23.3 Å². The van der Waals surface area contributed by atoms with Gasteiger partial charge in [0.1, 0.15) is 6.73 Å². The average molecular weight is 422 g/mol. The Morgan fingerprint density at radius 1 is 1.28 bits per heavy atom. The summed E-state index contributed by atoms with van der Waals surface area (Å²) in [6.45, 7) is 5.90. The number of benzene rings is 1. The minimum atomic E-state index is -0.435. The first-order valence-corrected chi connectivity index (χ1v) is 9.69. The largest absolute Gasteiger partial charge is 0.462 e. The van der Waals surface area contributed by atoms with Crippen LogP contribution in [-0.4, -0.2) is 58.8 Å². The quantitative estimate of drug-likeness (QED) is 0.397. The van der Waals surface area contributed by atoms with Gasteiger partial charge in [-0.05, 0) is 26.0 Å². The van der Waals surface area contributed by atoms with Gasteiger partial charge in [0.2, 0.25) is 5.95 Å². The molecule has 0 aliphatic heterocycles. The molecule has 10 heteroatoms. The number of nitrogens with one attached hydrogen (secondary N) is 1. The van der Waals surface area contributed by atoms with Gasteiger partial charge in [-0.1, -0.05) is 11.6 Å². The normalized spacial score (nSPS) is 11.2. The number of anilines is 1. The summed E-state index contributed by atoms with van der Waals surface area (Å²) >= 11 is 6.43. The van der Waals surface area contributed by atoms with Gasteiger partial charge in [-0.3, -0.25) is 4.57 Å². The zero-order valence-corrected chi connectivity index (χ0v) is 17.4. The third-order valence-electron chi connectivity index (χ3n) is 4.13. The summed E-state index contributed by atoms with van der Waals surface area (Å²) in [5.41, 5.74) is 2.66. The monoisotopic (exact) mass is 421 g/mol. The van der Waals surface area contributed by atoms with Crippen LogP contribution in [-0.2, 0) is 20.9 Å². The van der Waals surface area contributed by atoms with Crippen molar-refractivity contribution in [2.75, 3.05) is 38.8 Å². The summed E-state index contributed by atoms with van der Waals surface area (Å²) in [6.07, 6.45) is 3.03. The number of halogens is 1. The van der Waals surface area contributed by atoms with Crippen molar-refractivity contribution in [1.29, 1.82) is 0 Å². The van der Waals surface area contributed by atoms with Gasteiger partial charge in [-0.2, -0.15) is 5.10 Å². The number of hydrogen-bond donors (Lipinski definition) is 1. The molecular weight excluding hydrogens is 398 g/mol. The maximum atomic E-state index is 12.0. The molecule has 0 fully saturated rings. The van der Waals surface area contributed by atoms with Crippen LogP contribution >= 0.6 is 11.6 Å². The SMILES string of the molecule is CCNc1cc2nc(-n3cc(C(=O)OCC)cn3)n(COCCOC)c2cc1Cl. The number of aromatic nitrogens is 4. The number of ether oxygens (including phenoxy) is 3. The number of esters is 1. The van der Waals surface area contributed by atoms with Crippen LogP contribution in [0, 0.1) is 0 Å². The Hall–Kier alpha value is -2.62. The predicted molar refractivity (Wildman–Crippen MR) is 110 cm³/mol. The van der Waals surface area contributed by atoms with Crippen molar-refractivity contribution in [3.8, 4) is 5.95 Å². The minimum Gasteiger partial charge on any atom is -0.462 e. The molecule has 1 N–H and O–H groups in total. The Kier molecular flexibility index (Phi) is 7.08. The van der Waals surface area contributed by atoms with E-state index in [4.69, 9.17) is 25.8 Å². The van der Waals surface area contributed by atoms with Gasteiger partial charge in [0.15, 0.2) is 0 Å². The van der Waals surface area contributed by atoms with E-state index < -0.39 is 5.97 Å². The van der Waals surface area contributed by atoms with Crippen molar-refractivity contribution in [3.05, 3.63) is 35.1 Å². The van der Waals surface area contributed by atoms with Crippen LogP contribution in [0.1, 0.15) is 24.2 Å². The molecule has 0 spiro atoms. The van der Waals surface area contributed by atoms with E-state index in [9.17, 15) is 4.79 Å². The van der Waals surface area contributed by atoms with E-state index in [1.807, 2.05) is 23.6 Å². The van der Waals surface area contributed by atoms with Gasteiger partial charge in [0, 0.05) is 19.9 Å². The summed E-state index contributed by atoms with van der Waals surface area (Å²) in [5, 5.41) is 8.07. The molecule has 1 aromatic carbocycles. The second-order valence-electron chi connectivity index (χ2n) is 6.12. The maximum Gasteiger partial charge on any atom is 0.341 e. The van der Waals surface area contributed by atoms with Crippen molar-refractivity contribution in [1.82, 2.24) is 19.3 Å². The molecule has 2 aromatic heterocycles. The fourth-order valence-corrected chi connectivity index (χ4v) is 3.04. The van der Waals surface area contributed by atoms with Crippen LogP contribution in [0.5, 0.6) is 0 Å². The lowest BCUT2D eigenvalue weighted by atomic mass is 10.2. The van der Waals surface area contributed by atoms with E-state index in [1.165, 1.54) is 10.9 Å². The van der Waals surface area contributed by atoms with Crippen molar-refractivity contribution in [2.24, 2.45) is 0 Å². The lowest BCUT2D eigenvalue weighted by Gasteiger charge is -2.11. The van der Waals surface area contributed by atoms with Gasteiger partial charge in [0.05, 0.1) is 53.3 Å². The third-order valence-corrected chi connectivity index (χ3v) is 4.45. The summed E-state index contributed by atoms with van der Waals surface area (Å²) in [4.78, 5) is 16.7. The lowest BCUT2D eigenvalue weighted by molar-refractivity contribution is 0.0356. The molecule has 3 rings (SSSR count). The Balaban J connectivity index is 2.02. The Bertz CT molecular complexity index is 985. The second-order valence-corrected chi connectivity index (χ2v) is 6.52. The highest BCUT2D eigenvalue weighted by Gasteiger charge is 2.18. The number of carbonyl (C=O) groups excluding carboxylic acids is 1. The molecule has 0 atom stereocenters. The van der Waals surface area contributed by atoms with Crippen LogP contribution in [0.4, 0.5) is 5.69 Å². The molecule has 29 heavy (non-hydrogen) atoms. The highest BCUT2D eigenvalue weighted by Crippen LogP contribution is 2.29. The van der Waals surface area contributed by atoms with E-state index in [1.54, 1.807) is 20.2 Å². The van der Waals surface area contributed by atoms with Gasteiger partial charge in [-0.25, -0.2) is 14.5 Å². The van der Waals surface area contributed by atoms with Gasteiger partial charge in [0.25, 0.3) is 0 Å². The zero-order chi connectivity index (χ0) is 20.8. The van der Waals surface area contributed by atoms with Gasteiger partial charge >= 0.3 is 5.97 Å². The van der Waals surface area contributed by atoms with Crippen LogP contribution in [0.15, 0.2) is 24.5 Å². The second kappa shape index (κ2) is 9.73. The number of fused-ring (bicyclic) bond motifs is 1. The van der Waals surface area contributed by atoms with Crippen molar-refractivity contribution < 1.29 is 19.0 Å². The van der Waals surface area contributed by atoms with Gasteiger partial charge in [-0.15, -0.1) is 0 Å². The fourth-order valence-electron chi connectivity index (χ4n) is 2.81. The van der Waals surface area contributed by atoms with Crippen molar-refractivity contribution >= 4 is 34.3 Å². The Labute approximate surface area is 173 Å². The van der Waals surface area contributed by atoms with Crippen LogP contribution in [0.2, 0.25) is 5.02 Å². The van der Waals surface area contributed by atoms with Crippen molar-refractivity contribution in [3.63, 3.8) is 0 Å². The van der Waals surface area contributed by atoms with E-state index in [-0.39, 0.29) is 6.73 Å². The molecule has 2 heterocycles. The molecule has 9 nitrogen and oxygen atoms in total. The van der Waals surface area contributed by atoms with Crippen molar-refractivity contribution in [2.45, 2.75) is 20.6 Å². The molecular formula is C19H24ClN5O4. The number of methoxy groups -OCH3 is 1. The summed E-state index contributed by atoms with van der Waals surface area (Å²) in [6, 6.07) is 3.72. The molecule has 0 radical (unpaired) electrons. The number of nitrogens with zero attached hydrogens (tertiary/aromatic N) is 4. The molecule has 0 unspecified atom stereocenters. The molecule has 3 aromatic rings. The summed E-state index contributed by atoms with van der Waals surface area (Å²) in [5.74, 6) is 0.0629. The summed E-state index contributed by atoms with van der Waals surface area (Å²) in [7, 11) is 1.62. The minimum absolute atomic E-state index is 0.223. The number of rotatable bonds is 10. The molecule has 0 amide bonds. The van der Waals surface area contributed by atoms with E-state index in [2.05, 4.69) is 15.4 Å². The van der Waals surface area contributed by atoms with Crippen LogP contribution < -0.4 is 5.32 Å². The third kappa shape index (κ3) is 4.69. The standard InChI is InChI=1S/C19H24ClN5O4/c1-4-21-15-9-16-17(8-14(15)20)24(12-28-7-6-27-3)19(23-16)25-11-13(10-22-25)18(26)29-5-2/h8-11,21H,4-7,12H2,1-3H3. The topological polar surface area (TPSA) is 92.4 Å². The van der Waals surface area contributed by atoms with E-state index >= 15 is 0 Å². The molecule has 0 aliphatic carbocycles. The first kappa shape index (κ1) is 21.1. The predicted octanol–water partition coefficient (Wildman–Crippen LogP) is 3.10. The Morgan fingerprint density at radius 2 is 2.10 bits per heavy atom. The molecule has 0 saturated carbocycles. The number of carbonyl (C=O) groups is 1. The average Bonchev–Trinajstić information content (AvgIpc) is 3.31. The van der Waals surface area contributed by atoms with Gasteiger partial charge < -0.3 is 19.5 Å². The zero-order valence-electron chi connectivity index (χ0n) is 16.6. The highest BCUT2D eigenvalue weighted by atomic mass is 35.5. The molecule has 156 valence electrons. The Morgan fingerprint density at radius 3 is 2.83 bits per heavy atom. The highest BCUT2D eigenvalue weighted by molar-refractivity contribution is 6.34. The summed E-state index contributed by atoms with van der Waals surface area (Å²) < 4.78 is 19.1. The lowest BCUT2D eigenvalue weighted by Crippen LogP contribution is -2.12. The number of imidazole rings is 1. The fraction of sp³-hybridized carbons (Fsp3) is 0.421. The first-order chi connectivity index (χ1) is 14.1. The smallest absolute Gasteiger partial charge is 0.341 e. The molecule has 0 aliphatic rings. The first-order valence-electron chi connectivity index (χ1n) is 9.31. The molecule has 0 saturated heterocycles. The number of hydrogen-bond acceptors (Lipinski definition) is 7.